The lowest BCUT2D eigenvalue weighted by molar-refractivity contribution is 0.0731. The highest BCUT2D eigenvalue weighted by Crippen LogP contribution is 2.19. The zero-order valence-corrected chi connectivity index (χ0v) is 18.8. The van der Waals surface area contributed by atoms with Gasteiger partial charge in [-0.3, -0.25) is 9.78 Å². The van der Waals surface area contributed by atoms with Crippen molar-refractivity contribution in [3.05, 3.63) is 126 Å². The summed E-state index contributed by atoms with van der Waals surface area (Å²) in [6.07, 6.45) is 8.37. The number of hydrogen-bond donors (Lipinski definition) is 0. The molecule has 8 heteroatoms. The van der Waals surface area contributed by atoms with E-state index in [0.29, 0.717) is 30.0 Å². The van der Waals surface area contributed by atoms with Gasteiger partial charge in [0.05, 0.1) is 6.20 Å². The Balaban J connectivity index is 1.33. The van der Waals surface area contributed by atoms with Crippen molar-refractivity contribution in [3.63, 3.8) is 0 Å². The number of aromatic nitrogens is 4. The van der Waals surface area contributed by atoms with Crippen LogP contribution in [0.3, 0.4) is 0 Å². The second-order valence-electron chi connectivity index (χ2n) is 8.03. The Morgan fingerprint density at radius 1 is 0.914 bits per heavy atom. The van der Waals surface area contributed by atoms with E-state index in [0.717, 1.165) is 16.7 Å². The van der Waals surface area contributed by atoms with E-state index in [-0.39, 0.29) is 18.3 Å². The number of amides is 1. The average molecular weight is 468 g/mol. The summed E-state index contributed by atoms with van der Waals surface area (Å²) in [7, 11) is 0. The first-order chi connectivity index (χ1) is 17.2. The molecule has 3 aromatic heterocycles. The smallest absolute Gasteiger partial charge is 0.259 e. The Bertz CT molecular complexity index is 1440. The number of rotatable bonds is 8. The van der Waals surface area contributed by atoms with Gasteiger partial charge in [-0.1, -0.05) is 24.3 Å². The van der Waals surface area contributed by atoms with Crippen LogP contribution in [0.15, 0.2) is 97.7 Å². The summed E-state index contributed by atoms with van der Waals surface area (Å²) >= 11 is 0. The summed E-state index contributed by atoms with van der Waals surface area (Å²) in [6, 6.07) is 19.4. The van der Waals surface area contributed by atoms with Crippen LogP contribution in [0.25, 0.3) is 5.65 Å². The summed E-state index contributed by atoms with van der Waals surface area (Å²) < 4.78 is 20.7. The number of halogens is 1. The Hall–Kier alpha value is -4.59. The summed E-state index contributed by atoms with van der Waals surface area (Å²) in [5.74, 6) is 0.209. The fourth-order valence-electron chi connectivity index (χ4n) is 3.76. The zero-order valence-electron chi connectivity index (χ0n) is 18.8. The first-order valence-corrected chi connectivity index (χ1v) is 11.1. The fraction of sp³-hybridized carbons (Fsp3) is 0.111. The molecule has 0 aliphatic rings. The van der Waals surface area contributed by atoms with Crippen molar-refractivity contribution in [1.29, 1.82) is 0 Å². The lowest BCUT2D eigenvalue weighted by atomic mass is 10.1. The second kappa shape index (κ2) is 10.1. The molecule has 3 heterocycles. The van der Waals surface area contributed by atoms with Crippen LogP contribution in [0, 0.1) is 5.82 Å². The first-order valence-electron chi connectivity index (χ1n) is 11.1. The van der Waals surface area contributed by atoms with Gasteiger partial charge in [0.2, 0.25) is 0 Å². The molecule has 174 valence electrons. The molecule has 35 heavy (non-hydrogen) atoms. The minimum Gasteiger partial charge on any atom is -0.489 e. The monoisotopic (exact) mass is 467 g/mol. The summed E-state index contributed by atoms with van der Waals surface area (Å²) in [6.45, 7) is 1.06. The lowest BCUT2D eigenvalue weighted by Crippen LogP contribution is -2.30. The number of hydrogen-bond acceptors (Lipinski definition) is 5. The number of benzene rings is 2. The van der Waals surface area contributed by atoms with E-state index in [1.54, 1.807) is 52.5 Å². The van der Waals surface area contributed by atoms with Gasteiger partial charge in [0.15, 0.2) is 5.65 Å². The molecule has 0 saturated heterocycles. The zero-order chi connectivity index (χ0) is 24.0. The maximum Gasteiger partial charge on any atom is 0.259 e. The second-order valence-corrected chi connectivity index (χ2v) is 8.03. The SMILES string of the molecule is O=C(c1cnn2cccnc12)N(Cc1ccncc1)Cc1ccc(OCc2cccc(F)c2)cc1. The quantitative estimate of drug-likeness (QED) is 0.331. The maximum atomic E-state index is 13.5. The number of pyridine rings is 1. The third-order valence-electron chi connectivity index (χ3n) is 5.51. The largest absolute Gasteiger partial charge is 0.489 e. The van der Waals surface area contributed by atoms with Crippen LogP contribution in [-0.4, -0.2) is 30.4 Å². The van der Waals surface area contributed by atoms with Gasteiger partial charge >= 0.3 is 0 Å². The predicted octanol–water partition coefficient (Wildman–Crippen LogP) is 4.69. The van der Waals surface area contributed by atoms with Crippen molar-refractivity contribution in [3.8, 4) is 5.75 Å². The highest BCUT2D eigenvalue weighted by Gasteiger charge is 2.21. The van der Waals surface area contributed by atoms with E-state index in [1.165, 1.54) is 12.1 Å². The molecule has 5 rings (SSSR count). The number of carbonyl (C=O) groups is 1. The molecule has 7 nitrogen and oxygen atoms in total. The number of carbonyl (C=O) groups excluding carboxylic acids is 1. The Morgan fingerprint density at radius 2 is 1.69 bits per heavy atom. The summed E-state index contributed by atoms with van der Waals surface area (Å²) in [4.78, 5) is 23.7. The molecule has 1 amide bonds. The molecule has 0 N–H and O–H groups in total. The predicted molar refractivity (Wildman–Crippen MR) is 128 cm³/mol. The molecule has 0 atom stereocenters. The average Bonchev–Trinajstić information content (AvgIpc) is 3.32. The van der Waals surface area contributed by atoms with Crippen LogP contribution in [0.1, 0.15) is 27.0 Å². The van der Waals surface area contributed by atoms with Crippen molar-refractivity contribution in [2.75, 3.05) is 0 Å². The molecular weight excluding hydrogens is 445 g/mol. The third-order valence-corrected chi connectivity index (χ3v) is 5.51. The van der Waals surface area contributed by atoms with Crippen LogP contribution in [-0.2, 0) is 19.7 Å². The molecule has 0 saturated carbocycles. The fourth-order valence-corrected chi connectivity index (χ4v) is 3.76. The Kier molecular flexibility index (Phi) is 6.43. The van der Waals surface area contributed by atoms with Crippen LogP contribution < -0.4 is 4.74 Å². The van der Waals surface area contributed by atoms with Crippen molar-refractivity contribution >= 4 is 11.6 Å². The molecule has 0 aliphatic carbocycles. The van der Waals surface area contributed by atoms with Crippen LogP contribution in [0.5, 0.6) is 5.75 Å². The van der Waals surface area contributed by atoms with Crippen molar-refractivity contribution in [2.24, 2.45) is 0 Å². The van der Waals surface area contributed by atoms with Gasteiger partial charge in [-0.25, -0.2) is 13.9 Å². The molecule has 2 aromatic carbocycles. The minimum absolute atomic E-state index is 0.165. The van der Waals surface area contributed by atoms with Crippen molar-refractivity contribution in [2.45, 2.75) is 19.7 Å². The van der Waals surface area contributed by atoms with Gasteiger partial charge in [-0.15, -0.1) is 0 Å². The topological polar surface area (TPSA) is 72.6 Å². The molecule has 0 fully saturated rings. The van der Waals surface area contributed by atoms with E-state index in [2.05, 4.69) is 15.1 Å². The van der Waals surface area contributed by atoms with E-state index in [1.807, 2.05) is 42.5 Å². The first kappa shape index (κ1) is 22.2. The standard InChI is InChI=1S/C27H22FN5O2/c28-23-4-1-3-22(15-23)19-35-24-7-5-20(6-8-24)17-32(18-21-9-12-29-13-10-21)27(34)25-16-31-33-14-2-11-30-26(25)33/h1-16H,17-19H2. The summed E-state index contributed by atoms with van der Waals surface area (Å²) in [5.41, 5.74) is 3.61. The molecule has 0 radical (unpaired) electrons. The molecular formula is C27H22FN5O2. The van der Waals surface area contributed by atoms with Crippen LogP contribution in [0.4, 0.5) is 4.39 Å². The van der Waals surface area contributed by atoms with E-state index in [4.69, 9.17) is 4.74 Å². The Labute approximate surface area is 201 Å². The highest BCUT2D eigenvalue weighted by molar-refractivity contribution is 5.99. The molecule has 0 spiro atoms. The normalized spacial score (nSPS) is 10.9. The van der Waals surface area contributed by atoms with E-state index >= 15 is 0 Å². The Morgan fingerprint density at radius 3 is 2.46 bits per heavy atom. The van der Waals surface area contributed by atoms with Gasteiger partial charge in [0.1, 0.15) is 23.7 Å². The van der Waals surface area contributed by atoms with E-state index in [9.17, 15) is 9.18 Å². The van der Waals surface area contributed by atoms with Gasteiger partial charge in [0, 0.05) is 37.9 Å². The minimum atomic E-state index is -0.290. The maximum absolute atomic E-state index is 13.5. The van der Waals surface area contributed by atoms with Crippen LogP contribution >= 0.6 is 0 Å². The van der Waals surface area contributed by atoms with Gasteiger partial charge < -0.3 is 9.64 Å². The van der Waals surface area contributed by atoms with Crippen LogP contribution in [0.2, 0.25) is 0 Å². The third kappa shape index (κ3) is 5.33. The van der Waals surface area contributed by atoms with Gasteiger partial charge in [-0.05, 0) is 59.2 Å². The van der Waals surface area contributed by atoms with Gasteiger partial charge in [0.25, 0.3) is 5.91 Å². The molecule has 0 unspecified atom stereocenters. The van der Waals surface area contributed by atoms with Crippen molar-refractivity contribution in [1.82, 2.24) is 24.5 Å². The number of fused-ring (bicyclic) bond motifs is 1. The molecule has 0 aliphatic heterocycles. The number of nitrogens with zero attached hydrogens (tertiary/aromatic N) is 5. The molecule has 0 bridgehead atoms. The van der Waals surface area contributed by atoms with Crippen molar-refractivity contribution < 1.29 is 13.9 Å². The van der Waals surface area contributed by atoms with E-state index < -0.39 is 0 Å². The van der Waals surface area contributed by atoms with Gasteiger partial charge in [-0.2, -0.15) is 5.10 Å². The number of ether oxygens (including phenoxy) is 1. The molecule has 5 aromatic rings. The summed E-state index contributed by atoms with van der Waals surface area (Å²) in [5, 5.41) is 4.26. The highest BCUT2D eigenvalue weighted by atomic mass is 19.1. The lowest BCUT2D eigenvalue weighted by Gasteiger charge is -2.23.